The van der Waals surface area contributed by atoms with Gasteiger partial charge in [0.1, 0.15) is 6.04 Å². The zero-order chi connectivity index (χ0) is 18.1. The van der Waals surface area contributed by atoms with Crippen molar-refractivity contribution in [3.63, 3.8) is 0 Å². The number of carbonyl (C=O) groups is 2. The van der Waals surface area contributed by atoms with Gasteiger partial charge >= 0.3 is 0 Å². The number of likely N-dealkylation sites (N-methyl/N-ethyl adjacent to an activating group) is 1. The molecule has 0 unspecified atom stereocenters. The average Bonchev–Trinajstić information content (AvgIpc) is 3.07. The number of amides is 1. The summed E-state index contributed by atoms with van der Waals surface area (Å²) in [4.78, 5) is 34.0. The number of Topliss-reactive ketones (excluding diaryl/α,β-unsaturated/α-hetero) is 1. The molecule has 2 aliphatic rings. The molecule has 4 rings (SSSR count). The summed E-state index contributed by atoms with van der Waals surface area (Å²) in [5.41, 5.74) is 0.480. The highest BCUT2D eigenvalue weighted by molar-refractivity contribution is 6.03. The number of hydrogen-bond acceptors (Lipinski definition) is 4. The van der Waals surface area contributed by atoms with Crippen LogP contribution in [0, 0.1) is 0 Å². The Labute approximate surface area is 153 Å². The third kappa shape index (κ3) is 2.78. The van der Waals surface area contributed by atoms with Crippen molar-refractivity contribution in [1.82, 2.24) is 4.90 Å². The largest absolute Gasteiger partial charge is 0.343 e. The first-order valence-electron chi connectivity index (χ1n) is 8.99. The van der Waals surface area contributed by atoms with E-state index in [4.69, 9.17) is 4.84 Å². The van der Waals surface area contributed by atoms with Crippen LogP contribution in [0.1, 0.15) is 29.6 Å². The Hall–Kier alpha value is -2.66. The molecule has 0 radical (unpaired) electrons. The minimum Gasteiger partial charge on any atom is -0.343 e. The molecule has 5 heteroatoms. The van der Waals surface area contributed by atoms with Crippen LogP contribution < -0.4 is 5.06 Å². The summed E-state index contributed by atoms with van der Waals surface area (Å²) in [5, 5.41) is 1.65. The van der Waals surface area contributed by atoms with Crippen LogP contribution in [0.5, 0.6) is 0 Å². The smallest absolute Gasteiger partial charge is 0.257 e. The molecule has 2 aliphatic heterocycles. The predicted molar refractivity (Wildman–Crippen MR) is 98.8 cm³/mol. The summed E-state index contributed by atoms with van der Waals surface area (Å²) in [6.45, 7) is 0.729. The van der Waals surface area contributed by atoms with Gasteiger partial charge in [-0.1, -0.05) is 48.5 Å². The van der Waals surface area contributed by atoms with E-state index in [1.807, 2.05) is 60.7 Å². The maximum atomic E-state index is 13.2. The molecule has 0 N–H and O–H groups in total. The standard InChI is InChI=1S/C21H22N2O3/c1-22-14-8-13-21(20(22)25)15-18(19(24)16-9-4-2-5-10-16)23(26-21)17-11-6-3-7-12-17/h2-7,9-12,18H,8,13-15H2,1H3/t18-,21-/m0/s1. The molecule has 134 valence electrons. The van der Waals surface area contributed by atoms with Crippen molar-refractivity contribution in [3.05, 3.63) is 66.2 Å². The first-order valence-corrected chi connectivity index (χ1v) is 8.99. The van der Waals surface area contributed by atoms with E-state index in [1.165, 1.54) is 0 Å². The molecule has 1 spiro atoms. The summed E-state index contributed by atoms with van der Waals surface area (Å²) in [7, 11) is 1.80. The van der Waals surface area contributed by atoms with E-state index in [-0.39, 0.29) is 11.7 Å². The second-order valence-corrected chi connectivity index (χ2v) is 7.03. The maximum Gasteiger partial charge on any atom is 0.257 e. The van der Waals surface area contributed by atoms with Crippen LogP contribution in [0.25, 0.3) is 0 Å². The maximum absolute atomic E-state index is 13.2. The van der Waals surface area contributed by atoms with Crippen LogP contribution in [0.4, 0.5) is 5.69 Å². The van der Waals surface area contributed by atoms with Crippen molar-refractivity contribution in [2.75, 3.05) is 18.7 Å². The van der Waals surface area contributed by atoms with Crippen LogP contribution in [0.3, 0.4) is 0 Å². The summed E-state index contributed by atoms with van der Waals surface area (Å²) in [6, 6.07) is 18.2. The molecule has 2 aromatic rings. The van der Waals surface area contributed by atoms with Crippen LogP contribution >= 0.6 is 0 Å². The number of piperidine rings is 1. The normalized spacial score (nSPS) is 25.7. The fourth-order valence-corrected chi connectivity index (χ4v) is 3.92. The summed E-state index contributed by atoms with van der Waals surface area (Å²) < 4.78 is 0. The molecule has 0 bridgehead atoms. The Bertz CT molecular complexity index is 809. The average molecular weight is 350 g/mol. The van der Waals surface area contributed by atoms with Gasteiger partial charge in [0.25, 0.3) is 5.91 Å². The van der Waals surface area contributed by atoms with Crippen molar-refractivity contribution >= 4 is 17.4 Å². The number of benzene rings is 2. The molecule has 0 aliphatic carbocycles. The number of carbonyl (C=O) groups excluding carboxylic acids is 2. The van der Waals surface area contributed by atoms with E-state index >= 15 is 0 Å². The lowest BCUT2D eigenvalue weighted by Gasteiger charge is -2.36. The van der Waals surface area contributed by atoms with Crippen molar-refractivity contribution in [2.24, 2.45) is 0 Å². The highest BCUT2D eigenvalue weighted by Crippen LogP contribution is 2.41. The summed E-state index contributed by atoms with van der Waals surface area (Å²) >= 11 is 0. The second-order valence-electron chi connectivity index (χ2n) is 7.03. The number of likely N-dealkylation sites (tertiary alicyclic amines) is 1. The van der Waals surface area contributed by atoms with E-state index < -0.39 is 11.6 Å². The van der Waals surface area contributed by atoms with Gasteiger partial charge in [0.05, 0.1) is 5.69 Å². The Kier molecular flexibility index (Phi) is 4.24. The van der Waals surface area contributed by atoms with Crippen LogP contribution in [-0.4, -0.2) is 41.8 Å². The SMILES string of the molecule is CN1CCC[C@]2(C[C@@H](C(=O)c3ccccc3)N(c3ccccc3)O2)C1=O. The fraction of sp³-hybridized carbons (Fsp3) is 0.333. The molecule has 0 aromatic heterocycles. The molecule has 2 heterocycles. The van der Waals surface area contributed by atoms with Crippen molar-refractivity contribution in [1.29, 1.82) is 0 Å². The van der Waals surface area contributed by atoms with Gasteiger partial charge in [0.15, 0.2) is 11.4 Å². The number of hydrogen-bond donors (Lipinski definition) is 0. The van der Waals surface area contributed by atoms with Gasteiger partial charge in [-0.15, -0.1) is 0 Å². The van der Waals surface area contributed by atoms with Gasteiger partial charge in [-0.05, 0) is 25.0 Å². The van der Waals surface area contributed by atoms with Crippen molar-refractivity contribution in [3.8, 4) is 0 Å². The third-order valence-electron chi connectivity index (χ3n) is 5.26. The Morgan fingerprint density at radius 2 is 1.73 bits per heavy atom. The molecule has 0 saturated carbocycles. The van der Waals surface area contributed by atoms with Crippen LogP contribution in [-0.2, 0) is 9.63 Å². The zero-order valence-corrected chi connectivity index (χ0v) is 14.8. The number of rotatable bonds is 3. The van der Waals surface area contributed by atoms with Crippen LogP contribution in [0.2, 0.25) is 0 Å². The first kappa shape index (κ1) is 16.8. The predicted octanol–water partition coefficient (Wildman–Crippen LogP) is 3.07. The molecule has 1 amide bonds. The number of anilines is 1. The summed E-state index contributed by atoms with van der Waals surface area (Å²) in [6.07, 6.45) is 1.88. The lowest BCUT2D eigenvalue weighted by atomic mass is 9.85. The number of nitrogens with zero attached hydrogens (tertiary/aromatic N) is 2. The molecule has 2 aromatic carbocycles. The van der Waals surface area contributed by atoms with E-state index in [9.17, 15) is 9.59 Å². The number of para-hydroxylation sites is 1. The second kappa shape index (κ2) is 6.57. The topological polar surface area (TPSA) is 49.9 Å². The Morgan fingerprint density at radius 3 is 2.42 bits per heavy atom. The van der Waals surface area contributed by atoms with E-state index in [0.29, 0.717) is 18.4 Å². The van der Waals surface area contributed by atoms with Crippen LogP contribution in [0.15, 0.2) is 60.7 Å². The van der Waals surface area contributed by atoms with E-state index in [0.717, 1.165) is 18.7 Å². The van der Waals surface area contributed by atoms with Crippen molar-refractivity contribution < 1.29 is 14.4 Å². The molecular weight excluding hydrogens is 328 g/mol. The Morgan fingerprint density at radius 1 is 1.08 bits per heavy atom. The van der Waals surface area contributed by atoms with Gasteiger partial charge < -0.3 is 4.90 Å². The Balaban J connectivity index is 1.72. The van der Waals surface area contributed by atoms with E-state index in [2.05, 4.69) is 0 Å². The lowest BCUT2D eigenvalue weighted by Crippen LogP contribution is -2.52. The minimum absolute atomic E-state index is 0.0210. The number of hydroxylamine groups is 1. The molecule has 5 nitrogen and oxygen atoms in total. The highest BCUT2D eigenvalue weighted by atomic mass is 16.7. The van der Waals surface area contributed by atoms with E-state index in [1.54, 1.807) is 17.0 Å². The first-order chi connectivity index (χ1) is 12.6. The zero-order valence-electron chi connectivity index (χ0n) is 14.8. The quantitative estimate of drug-likeness (QED) is 0.799. The van der Waals surface area contributed by atoms with Gasteiger partial charge in [0, 0.05) is 25.6 Å². The third-order valence-corrected chi connectivity index (χ3v) is 5.26. The van der Waals surface area contributed by atoms with Gasteiger partial charge in [-0.25, -0.2) is 5.06 Å². The molecular formula is C21H22N2O3. The van der Waals surface area contributed by atoms with Gasteiger partial charge in [-0.2, -0.15) is 0 Å². The molecule has 2 atom stereocenters. The van der Waals surface area contributed by atoms with Gasteiger partial charge in [-0.3, -0.25) is 14.4 Å². The lowest BCUT2D eigenvalue weighted by molar-refractivity contribution is -0.158. The molecule has 2 saturated heterocycles. The summed E-state index contributed by atoms with van der Waals surface area (Å²) in [5.74, 6) is -0.0552. The highest BCUT2D eigenvalue weighted by Gasteiger charge is 2.55. The monoisotopic (exact) mass is 350 g/mol. The van der Waals surface area contributed by atoms with Crippen molar-refractivity contribution in [2.45, 2.75) is 30.9 Å². The van der Waals surface area contributed by atoms with Gasteiger partial charge in [0.2, 0.25) is 0 Å². The number of ketones is 1. The minimum atomic E-state index is -0.946. The molecule has 2 fully saturated rings. The fourth-order valence-electron chi connectivity index (χ4n) is 3.92. The molecule has 26 heavy (non-hydrogen) atoms.